The van der Waals surface area contributed by atoms with Crippen molar-refractivity contribution in [3.8, 4) is 11.4 Å². The smallest absolute Gasteiger partial charge is 0.156 e. The van der Waals surface area contributed by atoms with Gasteiger partial charge in [-0.05, 0) is 19.2 Å². The molecule has 0 aromatic carbocycles. The first-order chi connectivity index (χ1) is 7.24. The van der Waals surface area contributed by atoms with E-state index in [2.05, 4.69) is 15.3 Å². The van der Waals surface area contributed by atoms with Gasteiger partial charge in [0.1, 0.15) is 11.5 Å². The number of hydrogen-bond acceptors (Lipinski definition) is 2. The maximum absolute atomic E-state index is 6.10. The van der Waals surface area contributed by atoms with Crippen LogP contribution in [0.4, 0.5) is 0 Å². The molecule has 2 aromatic heterocycles. The van der Waals surface area contributed by atoms with E-state index in [1.165, 1.54) is 0 Å². The van der Waals surface area contributed by atoms with Crippen molar-refractivity contribution in [1.82, 2.24) is 19.9 Å². The minimum atomic E-state index is 0.533. The van der Waals surface area contributed by atoms with Crippen LogP contribution in [-0.2, 0) is 13.6 Å². The Labute approximate surface area is 93.3 Å². The fourth-order valence-electron chi connectivity index (χ4n) is 1.59. The summed E-state index contributed by atoms with van der Waals surface area (Å²) in [7, 11) is 3.85. The summed E-state index contributed by atoms with van der Waals surface area (Å²) in [6.45, 7) is 0.705. The molecular weight excluding hydrogens is 212 g/mol. The molecule has 0 spiro atoms. The van der Waals surface area contributed by atoms with E-state index in [1.54, 1.807) is 0 Å². The van der Waals surface area contributed by atoms with E-state index in [4.69, 9.17) is 11.6 Å². The summed E-state index contributed by atoms with van der Waals surface area (Å²) in [5, 5.41) is 3.59. The number of nitrogens with one attached hydrogen (secondary N) is 2. The van der Waals surface area contributed by atoms with Crippen LogP contribution in [0.2, 0.25) is 5.15 Å². The highest BCUT2D eigenvalue weighted by Crippen LogP contribution is 2.26. The average molecular weight is 225 g/mol. The zero-order chi connectivity index (χ0) is 10.8. The Balaban J connectivity index is 2.48. The molecule has 0 saturated heterocycles. The molecule has 0 aliphatic heterocycles. The highest BCUT2D eigenvalue weighted by Gasteiger charge is 2.14. The number of aromatic amines is 1. The Morgan fingerprint density at radius 2 is 2.40 bits per heavy atom. The van der Waals surface area contributed by atoms with E-state index in [-0.39, 0.29) is 0 Å². The van der Waals surface area contributed by atoms with Gasteiger partial charge in [0.05, 0.1) is 12.2 Å². The second-order valence-electron chi connectivity index (χ2n) is 3.34. The number of aromatic nitrogens is 3. The van der Waals surface area contributed by atoms with Crippen LogP contribution in [-0.4, -0.2) is 21.6 Å². The second kappa shape index (κ2) is 4.08. The van der Waals surface area contributed by atoms with Crippen molar-refractivity contribution in [2.24, 2.45) is 7.05 Å². The maximum atomic E-state index is 6.10. The van der Waals surface area contributed by atoms with Crippen LogP contribution < -0.4 is 5.32 Å². The largest absolute Gasteiger partial charge is 0.360 e. The first-order valence-corrected chi connectivity index (χ1v) is 5.11. The normalized spacial score (nSPS) is 10.9. The molecule has 2 N–H and O–H groups in total. The van der Waals surface area contributed by atoms with Gasteiger partial charge in [-0.1, -0.05) is 11.6 Å². The molecule has 2 rings (SSSR count). The van der Waals surface area contributed by atoms with E-state index in [1.807, 2.05) is 37.0 Å². The fourth-order valence-corrected chi connectivity index (χ4v) is 1.92. The Morgan fingerprint density at radius 3 is 3.00 bits per heavy atom. The minimum absolute atomic E-state index is 0.533. The molecule has 2 aromatic rings. The maximum Gasteiger partial charge on any atom is 0.156 e. The van der Waals surface area contributed by atoms with Crippen molar-refractivity contribution in [3.05, 3.63) is 29.3 Å². The SMILES string of the molecule is CNCc1nc(Cl)c(-c2ccc[nH]2)n1C. The summed E-state index contributed by atoms with van der Waals surface area (Å²) in [6.07, 6.45) is 1.87. The highest BCUT2D eigenvalue weighted by molar-refractivity contribution is 6.31. The molecule has 80 valence electrons. The fraction of sp³-hybridized carbons (Fsp3) is 0.300. The lowest BCUT2D eigenvalue weighted by Gasteiger charge is -2.03. The monoisotopic (exact) mass is 224 g/mol. The standard InChI is InChI=1S/C10H13ClN4/c1-12-6-8-14-10(11)9(15(8)2)7-4-3-5-13-7/h3-5,12-13H,6H2,1-2H3. The van der Waals surface area contributed by atoms with E-state index in [9.17, 15) is 0 Å². The van der Waals surface area contributed by atoms with Crippen LogP contribution in [0.1, 0.15) is 5.82 Å². The van der Waals surface area contributed by atoms with Crippen molar-refractivity contribution < 1.29 is 0 Å². The Hall–Kier alpha value is -1.26. The van der Waals surface area contributed by atoms with Crippen molar-refractivity contribution in [3.63, 3.8) is 0 Å². The summed E-state index contributed by atoms with van der Waals surface area (Å²) in [5.41, 5.74) is 1.91. The van der Waals surface area contributed by atoms with Gasteiger partial charge in [-0.15, -0.1) is 0 Å². The zero-order valence-corrected chi connectivity index (χ0v) is 9.47. The van der Waals surface area contributed by atoms with Gasteiger partial charge in [0.2, 0.25) is 0 Å². The number of hydrogen-bond donors (Lipinski definition) is 2. The first-order valence-electron chi connectivity index (χ1n) is 4.73. The summed E-state index contributed by atoms with van der Waals surface area (Å²) in [6, 6.07) is 3.92. The molecule has 2 heterocycles. The van der Waals surface area contributed by atoms with Gasteiger partial charge in [-0.25, -0.2) is 4.98 Å². The highest BCUT2D eigenvalue weighted by atomic mass is 35.5. The third-order valence-corrected chi connectivity index (χ3v) is 2.60. The third kappa shape index (κ3) is 1.78. The van der Waals surface area contributed by atoms with Gasteiger partial charge in [-0.3, -0.25) is 0 Å². The van der Waals surface area contributed by atoms with Crippen LogP contribution in [0.25, 0.3) is 11.4 Å². The van der Waals surface area contributed by atoms with E-state index in [0.29, 0.717) is 11.7 Å². The molecule has 0 atom stereocenters. The van der Waals surface area contributed by atoms with Gasteiger partial charge in [-0.2, -0.15) is 0 Å². The molecule has 0 aliphatic carbocycles. The molecule has 0 radical (unpaired) electrons. The molecular formula is C10H13ClN4. The van der Waals surface area contributed by atoms with Crippen LogP contribution in [0.5, 0.6) is 0 Å². The summed E-state index contributed by atoms with van der Waals surface area (Å²) >= 11 is 6.10. The van der Waals surface area contributed by atoms with E-state index in [0.717, 1.165) is 17.2 Å². The number of H-pyrrole nitrogens is 1. The van der Waals surface area contributed by atoms with Crippen LogP contribution in [0, 0.1) is 0 Å². The summed E-state index contributed by atoms with van der Waals surface area (Å²) < 4.78 is 1.99. The average Bonchev–Trinajstić information content (AvgIpc) is 2.77. The predicted octanol–water partition coefficient (Wildman–Crippen LogP) is 1.79. The quantitative estimate of drug-likeness (QED) is 0.835. The predicted molar refractivity (Wildman–Crippen MR) is 60.8 cm³/mol. The van der Waals surface area contributed by atoms with Gasteiger partial charge in [0, 0.05) is 13.2 Å². The van der Waals surface area contributed by atoms with Crippen molar-refractivity contribution in [2.45, 2.75) is 6.54 Å². The molecule has 5 heteroatoms. The van der Waals surface area contributed by atoms with Crippen molar-refractivity contribution in [2.75, 3.05) is 7.05 Å². The van der Waals surface area contributed by atoms with Gasteiger partial charge in [0.25, 0.3) is 0 Å². The Bertz CT molecular complexity index is 444. The molecule has 0 aliphatic rings. The van der Waals surface area contributed by atoms with E-state index >= 15 is 0 Å². The third-order valence-electron chi connectivity index (χ3n) is 2.33. The molecule has 0 fully saturated rings. The minimum Gasteiger partial charge on any atom is -0.360 e. The van der Waals surface area contributed by atoms with E-state index < -0.39 is 0 Å². The molecule has 4 nitrogen and oxygen atoms in total. The Morgan fingerprint density at radius 1 is 1.60 bits per heavy atom. The van der Waals surface area contributed by atoms with Crippen molar-refractivity contribution in [1.29, 1.82) is 0 Å². The lowest BCUT2D eigenvalue weighted by molar-refractivity contribution is 0.712. The van der Waals surface area contributed by atoms with Gasteiger partial charge in [0.15, 0.2) is 5.15 Å². The summed E-state index contributed by atoms with van der Waals surface area (Å²) in [5.74, 6) is 0.923. The zero-order valence-electron chi connectivity index (χ0n) is 8.71. The number of imidazole rings is 1. The second-order valence-corrected chi connectivity index (χ2v) is 3.70. The van der Waals surface area contributed by atoms with Crippen LogP contribution in [0.15, 0.2) is 18.3 Å². The van der Waals surface area contributed by atoms with Crippen LogP contribution in [0.3, 0.4) is 0 Å². The lowest BCUT2D eigenvalue weighted by Crippen LogP contribution is -2.10. The topological polar surface area (TPSA) is 45.6 Å². The Kier molecular flexibility index (Phi) is 2.79. The van der Waals surface area contributed by atoms with Gasteiger partial charge >= 0.3 is 0 Å². The van der Waals surface area contributed by atoms with Crippen molar-refractivity contribution >= 4 is 11.6 Å². The number of halogens is 1. The molecule has 0 unspecified atom stereocenters. The number of nitrogens with zero attached hydrogens (tertiary/aromatic N) is 2. The first kappa shape index (κ1) is 10.3. The lowest BCUT2D eigenvalue weighted by atomic mass is 10.3. The van der Waals surface area contributed by atoms with Crippen LogP contribution >= 0.6 is 11.6 Å². The molecule has 0 saturated carbocycles. The molecule has 0 amide bonds. The summed E-state index contributed by atoms with van der Waals surface area (Å²) in [4.78, 5) is 7.43. The molecule has 15 heavy (non-hydrogen) atoms. The van der Waals surface area contributed by atoms with Gasteiger partial charge < -0.3 is 14.9 Å². The number of rotatable bonds is 3. The molecule has 0 bridgehead atoms.